The van der Waals surface area contributed by atoms with Gasteiger partial charge in [-0.15, -0.1) is 0 Å². The summed E-state index contributed by atoms with van der Waals surface area (Å²) in [5.74, 6) is 1.50. The van der Waals surface area contributed by atoms with Crippen molar-refractivity contribution < 1.29 is 19.0 Å². The molecule has 0 aliphatic carbocycles. The van der Waals surface area contributed by atoms with Crippen LogP contribution < -0.4 is 19.5 Å². The largest absolute Gasteiger partial charge is 0.477 e. The van der Waals surface area contributed by atoms with Crippen LogP contribution in [0.3, 0.4) is 0 Å². The average Bonchev–Trinajstić information content (AvgIpc) is 3.12. The van der Waals surface area contributed by atoms with Crippen molar-refractivity contribution in [2.45, 2.75) is 13.0 Å². The molecule has 0 spiro atoms. The number of fused-ring (bicyclic) bond motifs is 2. The van der Waals surface area contributed by atoms with Crippen molar-refractivity contribution in [2.24, 2.45) is 0 Å². The van der Waals surface area contributed by atoms with Gasteiger partial charge in [-0.2, -0.15) is 0 Å². The van der Waals surface area contributed by atoms with E-state index in [9.17, 15) is 4.79 Å². The van der Waals surface area contributed by atoms with E-state index in [4.69, 9.17) is 14.2 Å². The van der Waals surface area contributed by atoms with Gasteiger partial charge in [-0.1, -0.05) is 22.0 Å². The Morgan fingerprint density at radius 1 is 1.19 bits per heavy atom. The Bertz CT molecular complexity index is 1040. The molecule has 0 fully saturated rings. The van der Waals surface area contributed by atoms with Crippen LogP contribution in [0.15, 0.2) is 51.5 Å². The molecule has 2 heterocycles. The second-order valence-electron chi connectivity index (χ2n) is 5.89. The maximum Gasteiger partial charge on any atom is 0.265 e. The van der Waals surface area contributed by atoms with Gasteiger partial charge in [-0.3, -0.25) is 9.78 Å². The van der Waals surface area contributed by atoms with Crippen LogP contribution in [0.1, 0.15) is 6.92 Å². The summed E-state index contributed by atoms with van der Waals surface area (Å²) < 4.78 is 18.1. The van der Waals surface area contributed by atoms with E-state index in [1.165, 1.54) is 0 Å². The van der Waals surface area contributed by atoms with Crippen LogP contribution >= 0.6 is 31.9 Å². The van der Waals surface area contributed by atoms with E-state index in [-0.39, 0.29) is 12.7 Å². The number of hydrogen-bond acceptors (Lipinski definition) is 5. The Hall–Kier alpha value is -2.32. The second kappa shape index (κ2) is 7.36. The normalized spacial score (nSPS) is 13.4. The topological polar surface area (TPSA) is 69.7 Å². The quantitative estimate of drug-likeness (QED) is 0.560. The molecule has 1 amide bonds. The molecule has 2 aromatic carbocycles. The molecular formula is C19H14Br2N2O4. The number of carbonyl (C=O) groups excluding carboxylic acids is 1. The Labute approximate surface area is 172 Å². The minimum absolute atomic E-state index is 0.184. The van der Waals surface area contributed by atoms with Crippen molar-refractivity contribution >= 4 is 54.4 Å². The van der Waals surface area contributed by atoms with E-state index in [1.807, 2.05) is 18.2 Å². The Kier molecular flexibility index (Phi) is 4.92. The molecule has 0 unspecified atom stereocenters. The summed E-state index contributed by atoms with van der Waals surface area (Å²) in [5.41, 5.74) is 1.28. The monoisotopic (exact) mass is 492 g/mol. The molecule has 0 saturated carbocycles. The summed E-state index contributed by atoms with van der Waals surface area (Å²) in [7, 11) is 0. The van der Waals surface area contributed by atoms with E-state index in [2.05, 4.69) is 42.2 Å². The lowest BCUT2D eigenvalue weighted by atomic mass is 10.2. The van der Waals surface area contributed by atoms with Crippen molar-refractivity contribution in [1.82, 2.24) is 4.98 Å². The zero-order chi connectivity index (χ0) is 19.0. The summed E-state index contributed by atoms with van der Waals surface area (Å²) in [6.07, 6.45) is 0.948. The maximum atomic E-state index is 12.6. The van der Waals surface area contributed by atoms with Crippen molar-refractivity contribution in [3.05, 3.63) is 51.5 Å². The van der Waals surface area contributed by atoms with Crippen LogP contribution in [0.2, 0.25) is 0 Å². The molecule has 4 rings (SSSR count). The third-order valence-electron chi connectivity index (χ3n) is 4.05. The third kappa shape index (κ3) is 3.59. The molecule has 1 aromatic heterocycles. The van der Waals surface area contributed by atoms with Crippen LogP contribution in [0, 0.1) is 0 Å². The zero-order valence-corrected chi connectivity index (χ0v) is 17.3. The predicted molar refractivity (Wildman–Crippen MR) is 108 cm³/mol. The van der Waals surface area contributed by atoms with Gasteiger partial charge in [0.1, 0.15) is 5.52 Å². The number of ether oxygens (including phenoxy) is 3. The van der Waals surface area contributed by atoms with Gasteiger partial charge in [0.05, 0.1) is 4.47 Å². The molecule has 8 heteroatoms. The number of amides is 1. The highest BCUT2D eigenvalue weighted by atomic mass is 79.9. The molecule has 6 nitrogen and oxygen atoms in total. The first-order valence-electron chi connectivity index (χ1n) is 8.13. The van der Waals surface area contributed by atoms with Crippen LogP contribution in [-0.4, -0.2) is 23.8 Å². The van der Waals surface area contributed by atoms with Crippen LogP contribution in [0.5, 0.6) is 17.2 Å². The van der Waals surface area contributed by atoms with Gasteiger partial charge in [0.2, 0.25) is 6.79 Å². The van der Waals surface area contributed by atoms with E-state index in [0.717, 1.165) is 9.86 Å². The smallest absolute Gasteiger partial charge is 0.265 e. The number of benzene rings is 2. The van der Waals surface area contributed by atoms with Gasteiger partial charge in [0.25, 0.3) is 5.91 Å². The summed E-state index contributed by atoms with van der Waals surface area (Å²) in [4.78, 5) is 17.0. The third-order valence-corrected chi connectivity index (χ3v) is 5.30. The van der Waals surface area contributed by atoms with Crippen molar-refractivity contribution in [1.29, 1.82) is 0 Å². The SMILES string of the molecule is C[C@H](Oc1c(Br)cc(Br)c2cccnc12)C(=O)Nc1ccc2c(c1)OCO2. The molecule has 0 radical (unpaired) electrons. The first-order valence-corrected chi connectivity index (χ1v) is 9.71. The molecular weight excluding hydrogens is 480 g/mol. The molecule has 3 aromatic rings. The first-order chi connectivity index (χ1) is 13.0. The molecule has 1 aliphatic rings. The van der Waals surface area contributed by atoms with Gasteiger partial charge >= 0.3 is 0 Å². The van der Waals surface area contributed by atoms with Gasteiger partial charge in [-0.05, 0) is 47.1 Å². The Balaban J connectivity index is 1.55. The average molecular weight is 494 g/mol. The Morgan fingerprint density at radius 2 is 2.00 bits per heavy atom. The van der Waals surface area contributed by atoms with Crippen LogP contribution in [-0.2, 0) is 4.79 Å². The Morgan fingerprint density at radius 3 is 2.85 bits per heavy atom. The summed E-state index contributed by atoms with van der Waals surface area (Å²) in [6, 6.07) is 10.9. The maximum absolute atomic E-state index is 12.6. The lowest BCUT2D eigenvalue weighted by Gasteiger charge is -2.17. The number of pyridine rings is 1. The van der Waals surface area contributed by atoms with Gasteiger partial charge in [0, 0.05) is 27.8 Å². The summed E-state index contributed by atoms with van der Waals surface area (Å²) in [6.45, 7) is 1.87. The van der Waals surface area contributed by atoms with E-state index in [1.54, 1.807) is 31.3 Å². The van der Waals surface area contributed by atoms with Gasteiger partial charge < -0.3 is 19.5 Å². The molecule has 1 N–H and O–H groups in total. The number of carbonyl (C=O) groups is 1. The van der Waals surface area contributed by atoms with Crippen molar-refractivity contribution in [3.8, 4) is 17.2 Å². The molecule has 27 heavy (non-hydrogen) atoms. The van der Waals surface area contributed by atoms with Crippen LogP contribution in [0.4, 0.5) is 5.69 Å². The lowest BCUT2D eigenvalue weighted by Crippen LogP contribution is -2.30. The molecule has 138 valence electrons. The van der Waals surface area contributed by atoms with E-state index < -0.39 is 6.10 Å². The number of halogens is 2. The van der Waals surface area contributed by atoms with E-state index >= 15 is 0 Å². The predicted octanol–water partition coefficient (Wildman–Crippen LogP) is 4.89. The molecule has 1 aliphatic heterocycles. The molecule has 1 atom stereocenters. The number of anilines is 1. The summed E-state index contributed by atoms with van der Waals surface area (Å²) >= 11 is 7.01. The standard InChI is InChI=1S/C19H14Br2N2O4/c1-10(19(24)23-11-4-5-15-16(7-11)26-9-25-15)27-18-14(21)8-13(20)12-3-2-6-22-17(12)18/h2-8,10H,9H2,1H3,(H,23,24)/t10-/m0/s1. The molecule has 0 saturated heterocycles. The number of nitrogens with one attached hydrogen (secondary N) is 1. The fourth-order valence-electron chi connectivity index (χ4n) is 2.71. The van der Waals surface area contributed by atoms with Crippen molar-refractivity contribution in [2.75, 3.05) is 12.1 Å². The number of rotatable bonds is 4. The van der Waals surface area contributed by atoms with E-state index in [0.29, 0.717) is 32.9 Å². The number of aromatic nitrogens is 1. The first kappa shape index (κ1) is 18.1. The fourth-order valence-corrected chi connectivity index (χ4v) is 4.07. The zero-order valence-electron chi connectivity index (χ0n) is 14.2. The van der Waals surface area contributed by atoms with Crippen molar-refractivity contribution in [3.63, 3.8) is 0 Å². The van der Waals surface area contributed by atoms with Gasteiger partial charge in [0.15, 0.2) is 23.4 Å². The number of nitrogens with zero attached hydrogens (tertiary/aromatic N) is 1. The highest BCUT2D eigenvalue weighted by Crippen LogP contribution is 2.38. The highest BCUT2D eigenvalue weighted by molar-refractivity contribution is 9.11. The van der Waals surface area contributed by atoms with Crippen LogP contribution in [0.25, 0.3) is 10.9 Å². The fraction of sp³-hybridized carbons (Fsp3) is 0.158. The van der Waals surface area contributed by atoms with Gasteiger partial charge in [-0.25, -0.2) is 0 Å². The minimum Gasteiger partial charge on any atom is -0.477 e. The lowest BCUT2D eigenvalue weighted by molar-refractivity contribution is -0.122. The summed E-state index contributed by atoms with van der Waals surface area (Å²) in [5, 5.41) is 3.73. The highest BCUT2D eigenvalue weighted by Gasteiger charge is 2.21. The second-order valence-corrected chi connectivity index (χ2v) is 7.59. The molecule has 0 bridgehead atoms. The number of hydrogen-bond donors (Lipinski definition) is 1. The minimum atomic E-state index is -0.738.